The maximum atomic E-state index is 13.1. The summed E-state index contributed by atoms with van der Waals surface area (Å²) in [5.41, 5.74) is 0.633. The van der Waals surface area contributed by atoms with Crippen molar-refractivity contribution in [3.63, 3.8) is 0 Å². The summed E-state index contributed by atoms with van der Waals surface area (Å²) in [6.45, 7) is 1.74. The minimum Gasteiger partial charge on any atom is -0.352 e. The van der Waals surface area contributed by atoms with Crippen molar-refractivity contribution in [3.8, 4) is 11.3 Å². The highest BCUT2D eigenvalue weighted by Gasteiger charge is 2.34. The van der Waals surface area contributed by atoms with E-state index in [4.69, 9.17) is 0 Å². The number of carbonyl (C=O) groups excluding carboxylic acids is 1. The lowest BCUT2D eigenvalue weighted by molar-refractivity contribution is -0.136. The highest BCUT2D eigenvalue weighted by Crippen LogP contribution is 2.34. The molecule has 0 bridgehead atoms. The summed E-state index contributed by atoms with van der Waals surface area (Å²) in [6, 6.07) is 17.9. The monoisotopic (exact) mass is 427 g/mol. The number of anilines is 2. The number of amides is 2. The fourth-order valence-corrected chi connectivity index (χ4v) is 3.43. The Bertz CT molecular complexity index is 1030. The predicted octanol–water partition coefficient (Wildman–Crippen LogP) is 4.52. The van der Waals surface area contributed by atoms with Crippen LogP contribution < -0.4 is 10.2 Å². The van der Waals surface area contributed by atoms with E-state index in [0.717, 1.165) is 17.3 Å². The third-order valence-electron chi connectivity index (χ3n) is 5.08. The van der Waals surface area contributed by atoms with E-state index >= 15 is 0 Å². The van der Waals surface area contributed by atoms with Crippen LogP contribution in [-0.4, -0.2) is 47.3 Å². The van der Waals surface area contributed by atoms with E-state index in [2.05, 4.69) is 15.5 Å². The highest BCUT2D eigenvalue weighted by molar-refractivity contribution is 5.90. The van der Waals surface area contributed by atoms with Crippen LogP contribution in [0.25, 0.3) is 11.3 Å². The predicted molar refractivity (Wildman–Crippen MR) is 112 cm³/mol. The second kappa shape index (κ2) is 8.63. The van der Waals surface area contributed by atoms with Crippen LogP contribution in [0.3, 0.4) is 0 Å². The third kappa shape index (κ3) is 4.76. The van der Waals surface area contributed by atoms with Gasteiger partial charge in [0.1, 0.15) is 0 Å². The van der Waals surface area contributed by atoms with E-state index in [1.165, 1.54) is 23.1 Å². The fourth-order valence-electron chi connectivity index (χ4n) is 3.43. The first-order valence-electron chi connectivity index (χ1n) is 9.78. The third-order valence-corrected chi connectivity index (χ3v) is 5.08. The van der Waals surface area contributed by atoms with Gasteiger partial charge >= 0.3 is 12.2 Å². The number of nitrogens with one attached hydrogen (secondary N) is 1. The van der Waals surface area contributed by atoms with E-state index < -0.39 is 17.8 Å². The Labute approximate surface area is 177 Å². The van der Waals surface area contributed by atoms with Crippen molar-refractivity contribution in [2.75, 3.05) is 36.4 Å². The van der Waals surface area contributed by atoms with Crippen molar-refractivity contribution in [2.24, 2.45) is 0 Å². The summed E-state index contributed by atoms with van der Waals surface area (Å²) >= 11 is 0. The van der Waals surface area contributed by atoms with Gasteiger partial charge in [-0.15, -0.1) is 10.2 Å². The molecule has 2 aromatic carbocycles. The fraction of sp³-hybridized carbons (Fsp3) is 0.227. The molecular formula is C22H20F3N5O. The van der Waals surface area contributed by atoms with Gasteiger partial charge in [0, 0.05) is 31.7 Å². The van der Waals surface area contributed by atoms with E-state index in [-0.39, 0.29) is 5.69 Å². The van der Waals surface area contributed by atoms with Crippen LogP contribution in [-0.2, 0) is 6.18 Å². The van der Waals surface area contributed by atoms with E-state index in [0.29, 0.717) is 32.0 Å². The zero-order valence-electron chi connectivity index (χ0n) is 16.5. The minimum absolute atomic E-state index is 0.246. The van der Waals surface area contributed by atoms with Gasteiger partial charge in [0.25, 0.3) is 0 Å². The van der Waals surface area contributed by atoms with Crippen molar-refractivity contribution in [1.82, 2.24) is 15.1 Å². The smallest absolute Gasteiger partial charge is 0.352 e. The number of carbonyl (C=O) groups is 1. The molecule has 1 N–H and O–H groups in total. The van der Waals surface area contributed by atoms with Crippen molar-refractivity contribution >= 4 is 17.5 Å². The second-order valence-corrected chi connectivity index (χ2v) is 7.09. The second-order valence-electron chi connectivity index (χ2n) is 7.09. The Morgan fingerprint density at radius 2 is 1.52 bits per heavy atom. The zero-order valence-corrected chi connectivity index (χ0v) is 16.5. The number of halogens is 3. The molecule has 1 fully saturated rings. The first-order valence-corrected chi connectivity index (χ1v) is 9.78. The molecule has 2 amide bonds. The molecule has 6 nitrogen and oxygen atoms in total. The lowest BCUT2D eigenvalue weighted by atomic mass is 10.1. The molecule has 0 unspecified atom stereocenters. The molecular weight excluding hydrogens is 407 g/mol. The minimum atomic E-state index is -4.53. The van der Waals surface area contributed by atoms with Crippen LogP contribution in [0.15, 0.2) is 66.7 Å². The van der Waals surface area contributed by atoms with Crippen LogP contribution in [0, 0.1) is 0 Å². The number of hydrogen-bond donors (Lipinski definition) is 1. The topological polar surface area (TPSA) is 61.4 Å². The largest absolute Gasteiger partial charge is 0.418 e. The molecule has 160 valence electrons. The number of alkyl halides is 3. The molecule has 0 atom stereocenters. The molecule has 1 saturated heterocycles. The van der Waals surface area contributed by atoms with Crippen LogP contribution >= 0.6 is 0 Å². The Morgan fingerprint density at radius 3 is 2.16 bits per heavy atom. The van der Waals surface area contributed by atoms with Gasteiger partial charge in [-0.1, -0.05) is 42.5 Å². The summed E-state index contributed by atoms with van der Waals surface area (Å²) in [5, 5.41) is 11.0. The first kappa shape index (κ1) is 20.6. The van der Waals surface area contributed by atoms with Gasteiger partial charge in [-0.05, 0) is 24.3 Å². The number of hydrogen-bond acceptors (Lipinski definition) is 4. The summed E-state index contributed by atoms with van der Waals surface area (Å²) in [4.78, 5) is 16.0. The molecule has 0 saturated carbocycles. The van der Waals surface area contributed by atoms with Crippen molar-refractivity contribution in [3.05, 3.63) is 72.3 Å². The number of rotatable bonds is 3. The molecule has 1 aliphatic heterocycles. The molecule has 4 rings (SSSR count). The number of para-hydroxylation sites is 1. The van der Waals surface area contributed by atoms with Gasteiger partial charge in [0.15, 0.2) is 5.82 Å². The van der Waals surface area contributed by atoms with Gasteiger partial charge in [-0.3, -0.25) is 0 Å². The normalized spacial score (nSPS) is 14.4. The van der Waals surface area contributed by atoms with Crippen LogP contribution in [0.5, 0.6) is 0 Å². The molecule has 0 spiro atoms. The summed E-state index contributed by atoms with van der Waals surface area (Å²) in [7, 11) is 0. The number of aromatic nitrogens is 2. The Kier molecular flexibility index (Phi) is 5.75. The molecule has 3 aromatic rings. The van der Waals surface area contributed by atoms with Gasteiger partial charge in [0.05, 0.1) is 16.9 Å². The molecule has 1 aliphatic rings. The zero-order chi connectivity index (χ0) is 21.8. The molecule has 9 heteroatoms. The number of piperazine rings is 1. The van der Waals surface area contributed by atoms with Crippen molar-refractivity contribution in [1.29, 1.82) is 0 Å². The quantitative estimate of drug-likeness (QED) is 0.668. The van der Waals surface area contributed by atoms with Gasteiger partial charge in [0.2, 0.25) is 0 Å². The number of benzene rings is 2. The first-order chi connectivity index (χ1) is 14.9. The Morgan fingerprint density at radius 1 is 0.839 bits per heavy atom. The maximum absolute atomic E-state index is 13.1. The van der Waals surface area contributed by atoms with Crippen molar-refractivity contribution in [2.45, 2.75) is 6.18 Å². The SMILES string of the molecule is O=C(Nc1ccccc1C(F)(F)F)N1CCN(c2ccc(-c3ccccc3)nn2)CC1. The number of nitrogens with zero attached hydrogens (tertiary/aromatic N) is 4. The van der Waals surface area contributed by atoms with E-state index in [1.54, 1.807) is 0 Å². The lowest BCUT2D eigenvalue weighted by Crippen LogP contribution is -2.50. The van der Waals surface area contributed by atoms with E-state index in [9.17, 15) is 18.0 Å². The number of urea groups is 1. The Hall–Kier alpha value is -3.62. The molecule has 0 radical (unpaired) electrons. The summed E-state index contributed by atoms with van der Waals surface area (Å²) in [6.07, 6.45) is -4.53. The van der Waals surface area contributed by atoms with Gasteiger partial charge in [-0.2, -0.15) is 13.2 Å². The van der Waals surface area contributed by atoms with Crippen LogP contribution in [0.2, 0.25) is 0 Å². The molecule has 1 aromatic heterocycles. The van der Waals surface area contributed by atoms with Crippen LogP contribution in [0.4, 0.5) is 29.5 Å². The van der Waals surface area contributed by atoms with E-state index in [1.807, 2.05) is 47.4 Å². The summed E-state index contributed by atoms with van der Waals surface area (Å²) < 4.78 is 39.4. The highest BCUT2D eigenvalue weighted by atomic mass is 19.4. The molecule has 31 heavy (non-hydrogen) atoms. The molecule has 2 heterocycles. The standard InChI is InChI=1S/C22H20F3N5O/c23-22(24,25)17-8-4-5-9-19(17)26-21(31)30-14-12-29(13-15-30)20-11-10-18(27-28-20)16-6-2-1-3-7-16/h1-11H,12-15H2,(H,26,31). The van der Waals surface area contributed by atoms with Gasteiger partial charge < -0.3 is 15.1 Å². The Balaban J connectivity index is 1.36. The average Bonchev–Trinajstić information content (AvgIpc) is 2.79. The lowest BCUT2D eigenvalue weighted by Gasteiger charge is -2.35. The average molecular weight is 427 g/mol. The summed E-state index contributed by atoms with van der Waals surface area (Å²) in [5.74, 6) is 0.696. The maximum Gasteiger partial charge on any atom is 0.418 e. The van der Waals surface area contributed by atoms with Crippen LogP contribution in [0.1, 0.15) is 5.56 Å². The van der Waals surface area contributed by atoms with Gasteiger partial charge in [-0.25, -0.2) is 4.79 Å². The molecule has 0 aliphatic carbocycles. The van der Waals surface area contributed by atoms with Crippen molar-refractivity contribution < 1.29 is 18.0 Å².